The van der Waals surface area contributed by atoms with E-state index in [-0.39, 0.29) is 6.61 Å². The van der Waals surface area contributed by atoms with Gasteiger partial charge in [-0.25, -0.2) is 4.79 Å². The van der Waals surface area contributed by atoms with E-state index in [1.54, 1.807) is 38.1 Å². The maximum atomic E-state index is 12.4. The number of primary amides is 1. The summed E-state index contributed by atoms with van der Waals surface area (Å²) in [6, 6.07) is 6.63. The number of benzene rings is 1. The summed E-state index contributed by atoms with van der Waals surface area (Å²) < 4.78 is 27.5. The SMILES string of the molecule is CCOP(=O)(OCC)c1ccc(COC(N)=O)cc1. The van der Waals surface area contributed by atoms with Crippen molar-refractivity contribution < 1.29 is 23.1 Å². The van der Waals surface area contributed by atoms with Crippen LogP contribution in [-0.4, -0.2) is 19.3 Å². The summed E-state index contributed by atoms with van der Waals surface area (Å²) >= 11 is 0. The van der Waals surface area contributed by atoms with Gasteiger partial charge in [0.2, 0.25) is 0 Å². The molecule has 1 aromatic rings. The molecular weight excluding hydrogens is 269 g/mol. The number of hydrogen-bond donors (Lipinski definition) is 1. The van der Waals surface area contributed by atoms with Crippen molar-refractivity contribution in [2.45, 2.75) is 20.5 Å². The fourth-order valence-electron chi connectivity index (χ4n) is 1.46. The van der Waals surface area contributed by atoms with Gasteiger partial charge in [0.15, 0.2) is 0 Å². The van der Waals surface area contributed by atoms with Gasteiger partial charge in [0, 0.05) is 0 Å². The third-order valence-corrected chi connectivity index (χ3v) is 4.36. The molecule has 7 heteroatoms. The standard InChI is InChI=1S/C12H18NO5P/c1-3-17-19(15,18-4-2)11-7-5-10(6-8-11)9-16-12(13)14/h5-8H,3-4,9H2,1-2H3,(H2,13,14). The van der Waals surface area contributed by atoms with Crippen molar-refractivity contribution in [1.82, 2.24) is 0 Å². The molecule has 0 atom stereocenters. The zero-order valence-electron chi connectivity index (χ0n) is 11.0. The van der Waals surface area contributed by atoms with Gasteiger partial charge in [0.25, 0.3) is 0 Å². The maximum Gasteiger partial charge on any atom is 0.404 e. The molecule has 0 aromatic heterocycles. The van der Waals surface area contributed by atoms with Crippen LogP contribution in [0.4, 0.5) is 4.79 Å². The summed E-state index contributed by atoms with van der Waals surface area (Å²) in [5.74, 6) is 0. The van der Waals surface area contributed by atoms with Crippen LogP contribution in [0.3, 0.4) is 0 Å². The van der Waals surface area contributed by atoms with E-state index in [1.807, 2.05) is 0 Å². The molecule has 1 rings (SSSR count). The Bertz CT molecular complexity index is 450. The molecule has 0 heterocycles. The third-order valence-electron chi connectivity index (χ3n) is 2.23. The normalized spacial score (nSPS) is 11.3. The van der Waals surface area contributed by atoms with Crippen molar-refractivity contribution in [2.24, 2.45) is 5.73 Å². The molecule has 0 aliphatic carbocycles. The lowest BCUT2D eigenvalue weighted by atomic mass is 10.2. The average molecular weight is 287 g/mol. The van der Waals surface area contributed by atoms with Gasteiger partial charge in [-0.3, -0.25) is 4.57 Å². The molecular formula is C12H18NO5P. The lowest BCUT2D eigenvalue weighted by Crippen LogP contribution is -2.13. The molecule has 0 unspecified atom stereocenters. The zero-order valence-corrected chi connectivity index (χ0v) is 11.9. The molecule has 0 saturated heterocycles. The number of nitrogens with two attached hydrogens (primary N) is 1. The van der Waals surface area contributed by atoms with E-state index >= 15 is 0 Å². The van der Waals surface area contributed by atoms with Crippen LogP contribution >= 0.6 is 7.60 Å². The summed E-state index contributed by atoms with van der Waals surface area (Å²) in [5.41, 5.74) is 5.61. The largest absolute Gasteiger partial charge is 0.445 e. The van der Waals surface area contributed by atoms with Gasteiger partial charge >= 0.3 is 13.7 Å². The van der Waals surface area contributed by atoms with Crippen molar-refractivity contribution in [1.29, 1.82) is 0 Å². The van der Waals surface area contributed by atoms with Crippen LogP contribution in [0.2, 0.25) is 0 Å². The van der Waals surface area contributed by atoms with Crippen LogP contribution in [0.15, 0.2) is 24.3 Å². The first-order valence-corrected chi connectivity index (χ1v) is 7.47. The zero-order chi connectivity index (χ0) is 14.3. The highest BCUT2D eigenvalue weighted by molar-refractivity contribution is 7.62. The monoisotopic (exact) mass is 287 g/mol. The summed E-state index contributed by atoms with van der Waals surface area (Å²) in [4.78, 5) is 10.5. The molecule has 0 radical (unpaired) electrons. The van der Waals surface area contributed by atoms with Gasteiger partial charge in [-0.05, 0) is 31.5 Å². The molecule has 6 nitrogen and oxygen atoms in total. The molecule has 0 fully saturated rings. The molecule has 0 bridgehead atoms. The highest BCUT2D eigenvalue weighted by atomic mass is 31.2. The Hall–Kier alpha value is -1.36. The van der Waals surface area contributed by atoms with E-state index in [4.69, 9.17) is 14.8 Å². The van der Waals surface area contributed by atoms with Crippen LogP contribution in [-0.2, 0) is 25.0 Å². The van der Waals surface area contributed by atoms with Gasteiger partial charge in [0.05, 0.1) is 18.5 Å². The minimum Gasteiger partial charge on any atom is -0.445 e. The van der Waals surface area contributed by atoms with Crippen LogP contribution in [0.5, 0.6) is 0 Å². The van der Waals surface area contributed by atoms with E-state index in [2.05, 4.69) is 4.74 Å². The Morgan fingerprint density at radius 3 is 2.11 bits per heavy atom. The van der Waals surface area contributed by atoms with E-state index < -0.39 is 13.7 Å². The molecule has 106 valence electrons. The first-order valence-electron chi connectivity index (χ1n) is 5.92. The fraction of sp³-hybridized carbons (Fsp3) is 0.417. The van der Waals surface area contributed by atoms with Gasteiger partial charge in [-0.15, -0.1) is 0 Å². The number of ether oxygens (including phenoxy) is 1. The van der Waals surface area contributed by atoms with Gasteiger partial charge in [0.1, 0.15) is 6.61 Å². The van der Waals surface area contributed by atoms with Crippen molar-refractivity contribution in [3.05, 3.63) is 29.8 Å². The quantitative estimate of drug-likeness (QED) is 0.776. The Morgan fingerprint density at radius 1 is 1.16 bits per heavy atom. The predicted octanol–water partition coefficient (Wildman–Crippen LogP) is 2.17. The lowest BCUT2D eigenvalue weighted by Gasteiger charge is -2.17. The van der Waals surface area contributed by atoms with Crippen LogP contribution in [0.25, 0.3) is 0 Å². The van der Waals surface area contributed by atoms with Crippen LogP contribution < -0.4 is 11.0 Å². The number of rotatable bonds is 7. The summed E-state index contributed by atoms with van der Waals surface area (Å²) in [5, 5.41) is 0.471. The summed E-state index contributed by atoms with van der Waals surface area (Å²) in [7, 11) is -3.26. The number of amides is 1. The Morgan fingerprint density at radius 2 is 1.68 bits per heavy atom. The first kappa shape index (κ1) is 15.7. The molecule has 1 aromatic carbocycles. The molecule has 0 spiro atoms. The number of carbonyl (C=O) groups excluding carboxylic acids is 1. The second kappa shape index (κ2) is 7.28. The smallest absolute Gasteiger partial charge is 0.404 e. The van der Waals surface area contributed by atoms with E-state index in [0.29, 0.717) is 18.5 Å². The number of carbonyl (C=O) groups is 1. The van der Waals surface area contributed by atoms with E-state index in [1.165, 1.54) is 0 Å². The Kier molecular flexibility index (Phi) is 6.02. The summed E-state index contributed by atoms with van der Waals surface area (Å²) in [6.45, 7) is 4.16. The predicted molar refractivity (Wildman–Crippen MR) is 71.3 cm³/mol. The molecule has 0 aliphatic rings. The Labute approximate surface area is 112 Å². The van der Waals surface area contributed by atoms with Gasteiger partial charge < -0.3 is 19.5 Å². The fourth-order valence-corrected chi connectivity index (χ4v) is 3.02. The second-order valence-electron chi connectivity index (χ2n) is 3.61. The van der Waals surface area contributed by atoms with Crippen molar-refractivity contribution in [3.63, 3.8) is 0 Å². The van der Waals surface area contributed by atoms with Crippen LogP contribution in [0, 0.1) is 0 Å². The average Bonchev–Trinajstić information content (AvgIpc) is 2.37. The highest BCUT2D eigenvalue weighted by Crippen LogP contribution is 2.46. The Balaban J connectivity index is 2.83. The first-order chi connectivity index (χ1) is 9.01. The van der Waals surface area contributed by atoms with E-state index in [0.717, 1.165) is 5.56 Å². The number of hydrogen-bond acceptors (Lipinski definition) is 5. The van der Waals surface area contributed by atoms with E-state index in [9.17, 15) is 9.36 Å². The van der Waals surface area contributed by atoms with Crippen LogP contribution in [0.1, 0.15) is 19.4 Å². The van der Waals surface area contributed by atoms with Crippen molar-refractivity contribution >= 4 is 19.0 Å². The van der Waals surface area contributed by atoms with Gasteiger partial charge in [-0.2, -0.15) is 0 Å². The minimum atomic E-state index is -3.26. The molecule has 0 saturated carbocycles. The van der Waals surface area contributed by atoms with Crippen molar-refractivity contribution in [3.8, 4) is 0 Å². The lowest BCUT2D eigenvalue weighted by molar-refractivity contribution is 0.150. The molecule has 19 heavy (non-hydrogen) atoms. The second-order valence-corrected chi connectivity index (χ2v) is 5.63. The van der Waals surface area contributed by atoms with Crippen molar-refractivity contribution in [2.75, 3.05) is 13.2 Å². The molecule has 2 N–H and O–H groups in total. The topological polar surface area (TPSA) is 87.8 Å². The van der Waals surface area contributed by atoms with Gasteiger partial charge in [-0.1, -0.05) is 12.1 Å². The highest BCUT2D eigenvalue weighted by Gasteiger charge is 2.26. The third kappa shape index (κ3) is 4.67. The molecule has 1 amide bonds. The minimum absolute atomic E-state index is 0.0726. The molecule has 0 aliphatic heterocycles. The summed E-state index contributed by atoms with van der Waals surface area (Å²) in [6.07, 6.45) is -0.835. The maximum absolute atomic E-state index is 12.4.